The first-order valence-electron chi connectivity index (χ1n) is 4.63. The SMILES string of the molecule is N.Nc1ccc(Oc2ccc(N)cc2)cc1. The second-order valence-electron chi connectivity index (χ2n) is 3.24. The number of hydrogen-bond donors (Lipinski definition) is 3. The van der Waals surface area contributed by atoms with E-state index in [1.165, 1.54) is 0 Å². The second-order valence-corrected chi connectivity index (χ2v) is 3.24. The van der Waals surface area contributed by atoms with Gasteiger partial charge in [-0.1, -0.05) is 0 Å². The molecule has 0 heterocycles. The average molecular weight is 217 g/mol. The number of nitrogen functional groups attached to an aromatic ring is 2. The highest BCUT2D eigenvalue weighted by Crippen LogP contribution is 2.22. The average Bonchev–Trinajstić information content (AvgIpc) is 2.25. The lowest BCUT2D eigenvalue weighted by Gasteiger charge is -2.05. The Bertz CT molecular complexity index is 393. The zero-order valence-corrected chi connectivity index (χ0v) is 8.89. The van der Waals surface area contributed by atoms with Crippen LogP contribution in [0.2, 0.25) is 0 Å². The van der Waals surface area contributed by atoms with Gasteiger partial charge in [-0.2, -0.15) is 0 Å². The maximum atomic E-state index is 5.58. The van der Waals surface area contributed by atoms with E-state index < -0.39 is 0 Å². The molecule has 0 aliphatic rings. The molecule has 0 saturated heterocycles. The monoisotopic (exact) mass is 217 g/mol. The summed E-state index contributed by atoms with van der Waals surface area (Å²) in [6.07, 6.45) is 0. The molecule has 0 unspecified atom stereocenters. The van der Waals surface area contributed by atoms with Crippen molar-refractivity contribution < 1.29 is 4.74 Å². The van der Waals surface area contributed by atoms with Gasteiger partial charge < -0.3 is 22.4 Å². The first-order chi connectivity index (χ1) is 7.24. The van der Waals surface area contributed by atoms with Crippen molar-refractivity contribution in [2.24, 2.45) is 0 Å². The molecule has 0 amide bonds. The Morgan fingerprint density at radius 3 is 1.25 bits per heavy atom. The predicted octanol–water partition coefficient (Wildman–Crippen LogP) is 2.81. The minimum Gasteiger partial charge on any atom is -0.457 e. The number of hydrogen-bond acceptors (Lipinski definition) is 4. The maximum absolute atomic E-state index is 5.58. The number of nitrogens with two attached hydrogens (primary N) is 2. The molecule has 0 spiro atoms. The van der Waals surface area contributed by atoms with Crippen LogP contribution < -0.4 is 22.4 Å². The van der Waals surface area contributed by atoms with Crippen LogP contribution in [-0.4, -0.2) is 0 Å². The molecule has 7 N–H and O–H groups in total. The summed E-state index contributed by atoms with van der Waals surface area (Å²) in [6, 6.07) is 14.5. The van der Waals surface area contributed by atoms with E-state index in [1.54, 1.807) is 24.3 Å². The highest BCUT2D eigenvalue weighted by Gasteiger charge is 1.96. The Labute approximate surface area is 94.4 Å². The first kappa shape index (κ1) is 11.9. The van der Waals surface area contributed by atoms with Crippen LogP contribution in [0.25, 0.3) is 0 Å². The molecular formula is C12H15N3O. The Morgan fingerprint density at radius 1 is 0.625 bits per heavy atom. The standard InChI is InChI=1S/C12H12N2O.H3N/c13-9-1-5-11(6-2-9)15-12-7-3-10(14)4-8-12;/h1-8H,13-14H2;1H3. The molecule has 0 bridgehead atoms. The van der Waals surface area contributed by atoms with Crippen molar-refractivity contribution in [3.8, 4) is 11.5 Å². The van der Waals surface area contributed by atoms with Crippen molar-refractivity contribution in [1.29, 1.82) is 0 Å². The lowest BCUT2D eigenvalue weighted by Crippen LogP contribution is -1.87. The molecular weight excluding hydrogens is 202 g/mol. The van der Waals surface area contributed by atoms with Gasteiger partial charge in [-0.25, -0.2) is 0 Å². The van der Waals surface area contributed by atoms with E-state index in [1.807, 2.05) is 24.3 Å². The van der Waals surface area contributed by atoms with Gasteiger partial charge in [-0.05, 0) is 48.5 Å². The van der Waals surface area contributed by atoms with E-state index in [4.69, 9.17) is 16.2 Å². The fourth-order valence-corrected chi connectivity index (χ4v) is 1.21. The van der Waals surface area contributed by atoms with Gasteiger partial charge in [0.25, 0.3) is 0 Å². The molecule has 0 saturated carbocycles. The van der Waals surface area contributed by atoms with Crippen LogP contribution in [0.3, 0.4) is 0 Å². The first-order valence-corrected chi connectivity index (χ1v) is 4.63. The Morgan fingerprint density at radius 2 is 0.938 bits per heavy atom. The topological polar surface area (TPSA) is 96.3 Å². The number of rotatable bonds is 2. The van der Waals surface area contributed by atoms with Crippen molar-refractivity contribution in [3.63, 3.8) is 0 Å². The Hall–Kier alpha value is -2.20. The van der Waals surface area contributed by atoms with E-state index in [-0.39, 0.29) is 6.15 Å². The molecule has 16 heavy (non-hydrogen) atoms. The van der Waals surface area contributed by atoms with Crippen molar-refractivity contribution in [2.75, 3.05) is 11.5 Å². The van der Waals surface area contributed by atoms with Crippen molar-refractivity contribution >= 4 is 11.4 Å². The predicted molar refractivity (Wildman–Crippen MR) is 66.8 cm³/mol. The normalized spacial score (nSPS) is 9.25. The minimum absolute atomic E-state index is 0. The van der Waals surface area contributed by atoms with Crippen LogP contribution >= 0.6 is 0 Å². The summed E-state index contributed by atoms with van der Waals surface area (Å²) < 4.78 is 5.58. The van der Waals surface area contributed by atoms with Gasteiger partial charge in [-0.3, -0.25) is 0 Å². The lowest BCUT2D eigenvalue weighted by atomic mass is 10.3. The van der Waals surface area contributed by atoms with Crippen molar-refractivity contribution in [3.05, 3.63) is 48.5 Å². The molecule has 2 aromatic rings. The molecule has 4 nitrogen and oxygen atoms in total. The fourth-order valence-electron chi connectivity index (χ4n) is 1.21. The van der Waals surface area contributed by atoms with Gasteiger partial charge in [-0.15, -0.1) is 0 Å². The van der Waals surface area contributed by atoms with Gasteiger partial charge in [0.15, 0.2) is 0 Å². The minimum atomic E-state index is 0. The lowest BCUT2D eigenvalue weighted by molar-refractivity contribution is 0.483. The van der Waals surface area contributed by atoms with Crippen LogP contribution in [-0.2, 0) is 0 Å². The van der Waals surface area contributed by atoms with E-state index in [2.05, 4.69) is 0 Å². The zero-order valence-electron chi connectivity index (χ0n) is 8.89. The van der Waals surface area contributed by atoms with Crippen LogP contribution in [0.5, 0.6) is 11.5 Å². The Kier molecular flexibility index (Phi) is 3.74. The highest BCUT2D eigenvalue weighted by atomic mass is 16.5. The summed E-state index contributed by atoms with van der Waals surface area (Å²) >= 11 is 0. The third-order valence-corrected chi connectivity index (χ3v) is 2.00. The molecule has 0 radical (unpaired) electrons. The molecule has 2 aromatic carbocycles. The molecule has 84 valence electrons. The van der Waals surface area contributed by atoms with Crippen molar-refractivity contribution in [2.45, 2.75) is 0 Å². The molecule has 4 heteroatoms. The van der Waals surface area contributed by atoms with Crippen molar-refractivity contribution in [1.82, 2.24) is 6.15 Å². The van der Waals surface area contributed by atoms with Gasteiger partial charge in [0, 0.05) is 11.4 Å². The van der Waals surface area contributed by atoms with Gasteiger partial charge in [0.2, 0.25) is 0 Å². The summed E-state index contributed by atoms with van der Waals surface area (Å²) in [4.78, 5) is 0. The van der Waals surface area contributed by atoms with Gasteiger partial charge in [0.1, 0.15) is 11.5 Å². The van der Waals surface area contributed by atoms with E-state index >= 15 is 0 Å². The summed E-state index contributed by atoms with van der Waals surface area (Å²) in [5.41, 5.74) is 12.6. The highest BCUT2D eigenvalue weighted by molar-refractivity contribution is 5.45. The van der Waals surface area contributed by atoms with Crippen LogP contribution in [0.15, 0.2) is 48.5 Å². The van der Waals surface area contributed by atoms with E-state index in [0.29, 0.717) is 0 Å². The molecule has 0 atom stereocenters. The molecule has 0 fully saturated rings. The smallest absolute Gasteiger partial charge is 0.127 e. The Balaban J connectivity index is 0.00000128. The van der Waals surface area contributed by atoms with Crippen LogP contribution in [0.4, 0.5) is 11.4 Å². The third kappa shape index (κ3) is 2.90. The third-order valence-electron chi connectivity index (χ3n) is 2.00. The second kappa shape index (κ2) is 5.04. The van der Waals surface area contributed by atoms with E-state index in [0.717, 1.165) is 22.9 Å². The largest absolute Gasteiger partial charge is 0.457 e. The fraction of sp³-hybridized carbons (Fsp3) is 0. The van der Waals surface area contributed by atoms with Crippen LogP contribution in [0.1, 0.15) is 0 Å². The summed E-state index contributed by atoms with van der Waals surface area (Å²) in [6.45, 7) is 0. The summed E-state index contributed by atoms with van der Waals surface area (Å²) in [5.74, 6) is 1.52. The van der Waals surface area contributed by atoms with Gasteiger partial charge in [0.05, 0.1) is 0 Å². The number of benzene rings is 2. The van der Waals surface area contributed by atoms with E-state index in [9.17, 15) is 0 Å². The molecule has 0 aliphatic heterocycles. The molecule has 0 aromatic heterocycles. The molecule has 0 aliphatic carbocycles. The maximum Gasteiger partial charge on any atom is 0.127 e. The quantitative estimate of drug-likeness (QED) is 0.674. The molecule has 2 rings (SSSR count). The summed E-state index contributed by atoms with van der Waals surface area (Å²) in [7, 11) is 0. The number of ether oxygens (including phenoxy) is 1. The van der Waals surface area contributed by atoms with Crippen LogP contribution in [0, 0.1) is 0 Å². The summed E-state index contributed by atoms with van der Waals surface area (Å²) in [5, 5.41) is 0. The van der Waals surface area contributed by atoms with Gasteiger partial charge >= 0.3 is 0 Å². The number of anilines is 2. The zero-order chi connectivity index (χ0) is 10.7.